The molecule has 41 heavy (non-hydrogen) atoms. The van der Waals surface area contributed by atoms with Gasteiger partial charge in [0.1, 0.15) is 11.2 Å². The highest BCUT2D eigenvalue weighted by atomic mass is 16.5. The molecule has 5 heterocycles. The molecule has 10 nitrogen and oxygen atoms in total. The number of ketones is 1. The molecule has 2 fully saturated rings. The standard InChI is InChI=1S/C31H30N6O4/c1-19(38)26-14-21-17-33-31(35-30(21)37(26)23-5-2-3-6-23)34-22-13-20(16-32-18-22)24-7-4-8-25-27(39)15-28(41-29(24)25)36-9-11-40-12-10-36/h4,7-8,13-18,23H,2-3,5-6,9-12H2,1H3,(H,33,34,35). The lowest BCUT2D eigenvalue weighted by Crippen LogP contribution is -2.36. The Kier molecular flexibility index (Phi) is 6.47. The van der Waals surface area contributed by atoms with Crippen LogP contribution >= 0.6 is 0 Å². The third-order valence-electron chi connectivity index (χ3n) is 8.00. The number of carbonyl (C=O) groups excluding carboxylic acids is 1. The van der Waals surface area contributed by atoms with Crippen LogP contribution in [0.2, 0.25) is 0 Å². The molecule has 1 N–H and O–H groups in total. The average Bonchev–Trinajstić information content (AvgIpc) is 3.65. The quantitative estimate of drug-likeness (QED) is 0.274. The highest BCUT2D eigenvalue weighted by Crippen LogP contribution is 2.35. The number of pyridine rings is 1. The molecule has 1 aliphatic carbocycles. The topological polar surface area (TPSA) is 115 Å². The highest BCUT2D eigenvalue weighted by molar-refractivity contribution is 5.98. The molecule has 0 spiro atoms. The van der Waals surface area contributed by atoms with Gasteiger partial charge in [-0.25, -0.2) is 4.98 Å². The first-order valence-electron chi connectivity index (χ1n) is 14.1. The third-order valence-corrected chi connectivity index (χ3v) is 8.00. The van der Waals surface area contributed by atoms with Crippen molar-refractivity contribution in [2.45, 2.75) is 38.6 Å². The van der Waals surface area contributed by atoms with Crippen molar-refractivity contribution in [2.24, 2.45) is 0 Å². The van der Waals surface area contributed by atoms with Crippen molar-refractivity contribution < 1.29 is 13.9 Å². The van der Waals surface area contributed by atoms with E-state index in [-0.39, 0.29) is 17.3 Å². The summed E-state index contributed by atoms with van der Waals surface area (Å²) >= 11 is 0. The lowest BCUT2D eigenvalue weighted by Gasteiger charge is -2.27. The van der Waals surface area contributed by atoms with E-state index in [1.165, 1.54) is 0 Å². The lowest BCUT2D eigenvalue weighted by molar-refractivity contribution is 0.100. The monoisotopic (exact) mass is 550 g/mol. The second-order valence-electron chi connectivity index (χ2n) is 10.7. The lowest BCUT2D eigenvalue weighted by atomic mass is 10.0. The van der Waals surface area contributed by atoms with Gasteiger partial charge in [-0.15, -0.1) is 0 Å². The summed E-state index contributed by atoms with van der Waals surface area (Å²) in [4.78, 5) is 41.3. The molecule has 1 saturated heterocycles. The number of morpholine rings is 1. The van der Waals surface area contributed by atoms with Crippen molar-refractivity contribution in [2.75, 3.05) is 36.5 Å². The normalized spacial score (nSPS) is 16.1. The molecule has 0 amide bonds. The summed E-state index contributed by atoms with van der Waals surface area (Å²) in [6.07, 6.45) is 9.59. The highest BCUT2D eigenvalue weighted by Gasteiger charge is 2.24. The van der Waals surface area contributed by atoms with Crippen molar-refractivity contribution >= 4 is 45.3 Å². The fourth-order valence-electron chi connectivity index (χ4n) is 5.99. The third kappa shape index (κ3) is 4.74. The number of aromatic nitrogens is 4. The van der Waals surface area contributed by atoms with Crippen molar-refractivity contribution in [3.05, 3.63) is 70.9 Å². The second-order valence-corrected chi connectivity index (χ2v) is 10.7. The second kappa shape index (κ2) is 10.4. The van der Waals surface area contributed by atoms with E-state index in [0.29, 0.717) is 60.5 Å². The van der Waals surface area contributed by atoms with Crippen LogP contribution < -0.4 is 15.6 Å². The van der Waals surface area contributed by atoms with Crippen LogP contribution in [-0.4, -0.2) is 51.6 Å². The van der Waals surface area contributed by atoms with Gasteiger partial charge in [0.15, 0.2) is 17.1 Å². The first kappa shape index (κ1) is 25.4. The maximum absolute atomic E-state index is 13.0. The molecule has 0 bridgehead atoms. The van der Waals surface area contributed by atoms with Crippen LogP contribution in [0.1, 0.15) is 49.1 Å². The SMILES string of the molecule is CC(=O)c1cc2cnc(Nc3cncc(-c4cccc5c(=O)cc(N6CCOCC6)oc45)c3)nc2n1C1CCCC1. The van der Waals surface area contributed by atoms with Gasteiger partial charge in [-0.2, -0.15) is 4.98 Å². The van der Waals surface area contributed by atoms with Crippen LogP contribution in [0, 0.1) is 0 Å². The van der Waals surface area contributed by atoms with E-state index >= 15 is 0 Å². The van der Waals surface area contributed by atoms with Gasteiger partial charge in [0.2, 0.25) is 5.95 Å². The summed E-state index contributed by atoms with van der Waals surface area (Å²) in [7, 11) is 0. The van der Waals surface area contributed by atoms with Gasteiger partial charge in [0, 0.05) is 61.0 Å². The Labute approximate surface area is 236 Å². The van der Waals surface area contributed by atoms with Crippen LogP contribution in [0.5, 0.6) is 0 Å². The first-order chi connectivity index (χ1) is 20.0. The van der Waals surface area contributed by atoms with E-state index < -0.39 is 0 Å². The molecule has 2 aliphatic rings. The number of nitrogens with zero attached hydrogens (tertiary/aromatic N) is 5. The molecule has 208 valence electrons. The summed E-state index contributed by atoms with van der Waals surface area (Å²) in [5.74, 6) is 0.986. The summed E-state index contributed by atoms with van der Waals surface area (Å²) in [6, 6.07) is 11.2. The molecular formula is C31H30N6O4. The number of nitrogens with one attached hydrogen (secondary N) is 1. The minimum atomic E-state index is -0.0891. The van der Waals surface area contributed by atoms with E-state index in [9.17, 15) is 9.59 Å². The van der Waals surface area contributed by atoms with Gasteiger partial charge >= 0.3 is 0 Å². The zero-order chi connectivity index (χ0) is 27.9. The number of rotatable bonds is 6. The number of ether oxygens (including phenoxy) is 1. The summed E-state index contributed by atoms with van der Waals surface area (Å²) in [6.45, 7) is 4.12. The molecule has 1 aromatic carbocycles. The molecule has 4 aromatic heterocycles. The molecule has 0 radical (unpaired) electrons. The summed E-state index contributed by atoms with van der Waals surface area (Å²) < 4.78 is 13.9. The van der Waals surface area contributed by atoms with E-state index in [1.54, 1.807) is 37.6 Å². The molecule has 0 atom stereocenters. The van der Waals surface area contributed by atoms with Crippen LogP contribution in [0.15, 0.2) is 64.2 Å². The fraction of sp³-hybridized carbons (Fsp3) is 0.323. The predicted molar refractivity (Wildman–Crippen MR) is 157 cm³/mol. The van der Waals surface area contributed by atoms with Crippen LogP contribution in [0.4, 0.5) is 17.5 Å². The van der Waals surface area contributed by atoms with Gasteiger partial charge < -0.3 is 23.9 Å². The van der Waals surface area contributed by atoms with Gasteiger partial charge in [-0.05, 0) is 31.0 Å². The first-order valence-corrected chi connectivity index (χ1v) is 14.1. The van der Waals surface area contributed by atoms with E-state index in [2.05, 4.69) is 19.9 Å². The fourth-order valence-corrected chi connectivity index (χ4v) is 5.99. The number of benzene rings is 1. The zero-order valence-electron chi connectivity index (χ0n) is 22.8. The Balaban J connectivity index is 1.25. The van der Waals surface area contributed by atoms with Gasteiger partial charge in [-0.3, -0.25) is 14.6 Å². The number of hydrogen-bond donors (Lipinski definition) is 1. The van der Waals surface area contributed by atoms with Crippen LogP contribution in [0.3, 0.4) is 0 Å². The average molecular weight is 551 g/mol. The molecule has 1 saturated carbocycles. The Morgan fingerprint density at radius 1 is 1.05 bits per heavy atom. The van der Waals surface area contributed by atoms with Crippen molar-refractivity contribution in [3.63, 3.8) is 0 Å². The van der Waals surface area contributed by atoms with E-state index in [0.717, 1.165) is 47.8 Å². The molecule has 0 unspecified atom stereocenters. The Morgan fingerprint density at radius 2 is 1.88 bits per heavy atom. The summed E-state index contributed by atoms with van der Waals surface area (Å²) in [5.41, 5.74) is 4.11. The number of anilines is 3. The predicted octanol–water partition coefficient (Wildman–Crippen LogP) is 5.50. The Hall–Kier alpha value is -4.57. The van der Waals surface area contributed by atoms with Gasteiger partial charge in [0.05, 0.1) is 36.2 Å². The van der Waals surface area contributed by atoms with Crippen molar-refractivity contribution in [3.8, 4) is 11.1 Å². The maximum Gasteiger partial charge on any atom is 0.229 e. The maximum atomic E-state index is 13.0. The molecular weight excluding hydrogens is 520 g/mol. The largest absolute Gasteiger partial charge is 0.440 e. The minimum Gasteiger partial charge on any atom is -0.440 e. The molecule has 5 aromatic rings. The number of fused-ring (bicyclic) bond motifs is 2. The van der Waals surface area contributed by atoms with Crippen LogP contribution in [0.25, 0.3) is 33.1 Å². The van der Waals surface area contributed by atoms with Crippen LogP contribution in [-0.2, 0) is 4.74 Å². The van der Waals surface area contributed by atoms with Crippen molar-refractivity contribution in [1.29, 1.82) is 0 Å². The number of hydrogen-bond acceptors (Lipinski definition) is 9. The number of carbonyl (C=O) groups is 1. The molecule has 1 aliphatic heterocycles. The van der Waals surface area contributed by atoms with E-state index in [4.69, 9.17) is 14.1 Å². The zero-order valence-corrected chi connectivity index (χ0v) is 22.8. The van der Waals surface area contributed by atoms with Crippen molar-refractivity contribution in [1.82, 2.24) is 19.5 Å². The molecule has 10 heteroatoms. The number of para-hydroxylation sites is 1. The Bertz CT molecular complexity index is 1830. The number of Topliss-reactive ketones (excluding diaryl/α,β-unsaturated/α-hetero) is 1. The van der Waals surface area contributed by atoms with Gasteiger partial charge in [-0.1, -0.05) is 25.0 Å². The van der Waals surface area contributed by atoms with E-state index in [1.807, 2.05) is 29.2 Å². The molecule has 7 rings (SSSR count). The van der Waals surface area contributed by atoms with Gasteiger partial charge in [0.25, 0.3) is 0 Å². The Morgan fingerprint density at radius 3 is 2.68 bits per heavy atom. The smallest absolute Gasteiger partial charge is 0.229 e. The summed E-state index contributed by atoms with van der Waals surface area (Å²) in [5, 5.41) is 4.65. The minimum absolute atomic E-state index is 0.0276.